The lowest BCUT2D eigenvalue weighted by Crippen LogP contribution is -2.59. The molecule has 20 nitrogen and oxygen atoms in total. The standard InChI is InChI=1S/C55H77FN12O8/c1-9-41(35-14-11-10-12-15-35)62-51(71)45-30-38(32-67(45)53(73)48(55(3,4)5)63-50(70)34(2)58-6)59-21-25-76-27-26-75-24-19-46(69)60-20-23-68-54(74-8)47-36-28-44(49(57)61-31-36)66-22-13-16-43(66)40-29-37(56)17-18-39(40)52(72)65(7)33-42(47)64-68/h10-12,14-15,17-18,28-29,31,34,38,41,43,45,48,58-59H,9,13,16,19-27,30,32-33H2,1-8H3,(H2,57,61)(H,60,69)(H,62,71)(H,63,70)/t34-,38-,41+,43-,45-,48+/m1/s1. The van der Waals surface area contributed by atoms with Crippen LogP contribution in [0.4, 0.5) is 15.9 Å². The molecule has 2 aromatic heterocycles. The molecule has 0 radical (unpaired) electrons. The largest absolute Gasteiger partial charge is 0.481 e. The minimum Gasteiger partial charge on any atom is -0.481 e. The molecule has 76 heavy (non-hydrogen) atoms. The number of halogens is 1. The smallest absolute Gasteiger partial charge is 0.254 e. The summed E-state index contributed by atoms with van der Waals surface area (Å²) in [5.41, 5.74) is 10.4. The van der Waals surface area contributed by atoms with Crippen LogP contribution in [0.15, 0.2) is 60.8 Å². The average Bonchev–Trinajstić information content (AvgIpc) is 4.16. The average molecular weight is 1050 g/mol. The van der Waals surface area contributed by atoms with Crippen molar-refractivity contribution in [3.63, 3.8) is 0 Å². The molecule has 2 saturated heterocycles. The topological polar surface area (TPSA) is 240 Å². The van der Waals surface area contributed by atoms with Gasteiger partial charge in [0.2, 0.25) is 29.5 Å². The number of nitrogens with two attached hydrogens (primary N) is 1. The Labute approximate surface area is 445 Å². The number of rotatable bonds is 22. The van der Waals surface area contributed by atoms with Crippen LogP contribution in [0.5, 0.6) is 5.88 Å². The van der Waals surface area contributed by atoms with E-state index in [1.807, 2.05) is 64.1 Å². The van der Waals surface area contributed by atoms with Crippen LogP contribution in [0.1, 0.15) is 106 Å². The minimum absolute atomic E-state index is 0.113. The summed E-state index contributed by atoms with van der Waals surface area (Å²) in [5.74, 6) is -1.03. The maximum atomic E-state index is 14.7. The van der Waals surface area contributed by atoms with Gasteiger partial charge < -0.3 is 61.2 Å². The maximum absolute atomic E-state index is 14.7. The Morgan fingerprint density at radius 1 is 0.987 bits per heavy atom. The number of fused-ring (bicyclic) bond motifs is 8. The molecule has 7 N–H and O–H groups in total. The number of methoxy groups -OCH3 is 1. The summed E-state index contributed by atoms with van der Waals surface area (Å²) in [6.45, 7) is 12.5. The van der Waals surface area contributed by atoms with Crippen LogP contribution in [0.3, 0.4) is 0 Å². The van der Waals surface area contributed by atoms with Gasteiger partial charge in [0.05, 0.1) is 81.7 Å². The zero-order valence-electron chi connectivity index (χ0n) is 45.2. The van der Waals surface area contributed by atoms with Gasteiger partial charge in [0, 0.05) is 63.0 Å². The number of amides is 5. The second-order valence-electron chi connectivity index (χ2n) is 20.8. The van der Waals surface area contributed by atoms with E-state index in [0.29, 0.717) is 90.9 Å². The Morgan fingerprint density at radius 2 is 1.74 bits per heavy atom. The molecular formula is C55H77FN12O8. The molecule has 0 unspecified atom stereocenters. The summed E-state index contributed by atoms with van der Waals surface area (Å²) in [4.78, 5) is 78.3. The van der Waals surface area contributed by atoms with Gasteiger partial charge in [-0.25, -0.2) is 14.1 Å². The van der Waals surface area contributed by atoms with Gasteiger partial charge in [-0.1, -0.05) is 58.0 Å². The number of hydrogen-bond acceptors (Lipinski definition) is 14. The number of aromatic nitrogens is 3. The van der Waals surface area contributed by atoms with Crippen LogP contribution in [-0.4, -0.2) is 152 Å². The Kier molecular flexibility index (Phi) is 19.4. The van der Waals surface area contributed by atoms with Gasteiger partial charge in [-0.15, -0.1) is 0 Å². The fourth-order valence-electron chi connectivity index (χ4n) is 10.2. The quantitative estimate of drug-likeness (QED) is 0.0608. The van der Waals surface area contributed by atoms with E-state index in [1.165, 1.54) is 12.1 Å². The number of likely N-dealkylation sites (tertiary alicyclic amines) is 1. The monoisotopic (exact) mass is 1050 g/mol. The van der Waals surface area contributed by atoms with E-state index in [4.69, 9.17) is 25.0 Å². The maximum Gasteiger partial charge on any atom is 0.254 e. The van der Waals surface area contributed by atoms with Crippen molar-refractivity contribution < 1.29 is 42.6 Å². The number of nitrogens with zero attached hydrogens (tertiary/aromatic N) is 6. The minimum atomic E-state index is -0.868. The highest BCUT2D eigenvalue weighted by atomic mass is 19.1. The summed E-state index contributed by atoms with van der Waals surface area (Å²) in [7, 11) is 4.91. The number of nitrogens with one attached hydrogen (secondary N) is 5. The number of likely N-dealkylation sites (N-methyl/N-ethyl adjacent to an activating group) is 1. The molecule has 5 heterocycles. The third-order valence-corrected chi connectivity index (χ3v) is 14.5. The zero-order chi connectivity index (χ0) is 54.7. The highest BCUT2D eigenvalue weighted by Crippen LogP contribution is 2.44. The van der Waals surface area contributed by atoms with E-state index in [1.54, 1.807) is 54.9 Å². The molecule has 4 aromatic rings. The van der Waals surface area contributed by atoms with Gasteiger partial charge in [0.1, 0.15) is 23.7 Å². The predicted octanol–water partition coefficient (Wildman–Crippen LogP) is 4.11. The Hall–Kier alpha value is -6.68. The van der Waals surface area contributed by atoms with Crippen LogP contribution in [0.2, 0.25) is 0 Å². The lowest BCUT2D eigenvalue weighted by atomic mass is 9.85. The van der Waals surface area contributed by atoms with E-state index >= 15 is 0 Å². The number of nitrogen functional groups attached to an aromatic ring is 1. The van der Waals surface area contributed by atoms with E-state index in [0.717, 1.165) is 12.0 Å². The van der Waals surface area contributed by atoms with Gasteiger partial charge in [-0.3, -0.25) is 24.0 Å². The van der Waals surface area contributed by atoms with Crippen molar-refractivity contribution in [2.75, 3.05) is 84.4 Å². The van der Waals surface area contributed by atoms with Crippen molar-refractivity contribution in [2.24, 2.45) is 5.41 Å². The van der Waals surface area contributed by atoms with Crippen molar-refractivity contribution in [3.8, 4) is 17.0 Å². The highest BCUT2D eigenvalue weighted by molar-refractivity contribution is 5.96. The van der Waals surface area contributed by atoms with Crippen molar-refractivity contribution in [1.82, 2.24) is 51.1 Å². The first-order chi connectivity index (χ1) is 36.4. The van der Waals surface area contributed by atoms with Gasteiger partial charge in [-0.2, -0.15) is 5.10 Å². The van der Waals surface area contributed by atoms with E-state index in [2.05, 4.69) is 36.5 Å². The first kappa shape index (κ1) is 57.0. The SMILES string of the molecule is CC[C@H](NC(=O)[C@H]1C[C@@H](NCCOCCOCCC(=O)NCCn2nc3c(c2OC)-c2cnc(N)c(c2)N2CCC[C@@H]2c2cc(F)ccc2C(=O)N(C)C3)CN1C(=O)[C@H](NC(=O)[C@@H](C)NC)C(C)(C)C)c1ccccc1. The molecule has 2 aromatic carbocycles. The molecule has 0 saturated carbocycles. The molecule has 0 spiro atoms. The van der Waals surface area contributed by atoms with Crippen LogP contribution in [0.25, 0.3) is 11.1 Å². The highest BCUT2D eigenvalue weighted by Gasteiger charge is 2.45. The zero-order valence-corrected chi connectivity index (χ0v) is 45.2. The van der Waals surface area contributed by atoms with Gasteiger partial charge in [0.15, 0.2) is 0 Å². The Bertz CT molecular complexity index is 2660. The van der Waals surface area contributed by atoms with E-state index in [9.17, 15) is 28.4 Å². The van der Waals surface area contributed by atoms with Crippen molar-refractivity contribution >= 4 is 41.0 Å². The first-order valence-corrected chi connectivity index (χ1v) is 26.4. The Balaban J connectivity index is 0.881. The third kappa shape index (κ3) is 13.6. The van der Waals surface area contributed by atoms with Crippen LogP contribution in [-0.2, 0) is 41.7 Å². The van der Waals surface area contributed by atoms with Gasteiger partial charge in [-0.05, 0) is 80.5 Å². The molecular weight excluding hydrogens is 976 g/mol. The molecule has 0 aliphatic carbocycles. The molecule has 3 aliphatic heterocycles. The molecule has 5 amide bonds. The lowest BCUT2D eigenvalue weighted by Gasteiger charge is -2.36. The number of benzene rings is 2. The fraction of sp³-hybridized carbons (Fsp3) is 0.545. The third-order valence-electron chi connectivity index (χ3n) is 14.5. The van der Waals surface area contributed by atoms with Gasteiger partial charge >= 0.3 is 0 Å². The molecule has 2 bridgehead atoms. The molecule has 21 heteroatoms. The number of carbonyl (C=O) groups is 5. The summed E-state index contributed by atoms with van der Waals surface area (Å²) >= 11 is 0. The number of anilines is 2. The number of carbonyl (C=O) groups excluding carboxylic acids is 5. The van der Waals surface area contributed by atoms with E-state index < -0.39 is 29.4 Å². The van der Waals surface area contributed by atoms with Crippen molar-refractivity contribution in [2.45, 2.75) is 116 Å². The molecule has 7 rings (SSSR count). The van der Waals surface area contributed by atoms with Crippen molar-refractivity contribution in [3.05, 3.63) is 89.0 Å². The predicted molar refractivity (Wildman–Crippen MR) is 287 cm³/mol. The second kappa shape index (κ2) is 25.9. The van der Waals surface area contributed by atoms with Crippen LogP contribution >= 0.6 is 0 Å². The summed E-state index contributed by atoms with van der Waals surface area (Å²) in [5, 5.41) is 20.3. The summed E-state index contributed by atoms with van der Waals surface area (Å²) in [6.07, 6.45) is 4.36. The number of hydrogen-bond donors (Lipinski definition) is 6. The summed E-state index contributed by atoms with van der Waals surface area (Å²) < 4.78 is 33.9. The van der Waals surface area contributed by atoms with Gasteiger partial charge in [0.25, 0.3) is 5.91 Å². The lowest BCUT2D eigenvalue weighted by molar-refractivity contribution is -0.144. The molecule has 412 valence electrons. The molecule has 3 aliphatic rings. The van der Waals surface area contributed by atoms with E-state index in [-0.39, 0.29) is 93.5 Å². The molecule has 2 fully saturated rings. The Morgan fingerprint density at radius 3 is 2.45 bits per heavy atom. The first-order valence-electron chi connectivity index (χ1n) is 26.4. The van der Waals surface area contributed by atoms with Crippen LogP contribution < -0.4 is 42.0 Å². The fourth-order valence-corrected chi connectivity index (χ4v) is 10.2. The molecule has 6 atom stereocenters. The second-order valence-corrected chi connectivity index (χ2v) is 20.8. The van der Waals surface area contributed by atoms with Crippen molar-refractivity contribution in [1.29, 1.82) is 0 Å². The summed E-state index contributed by atoms with van der Waals surface area (Å²) in [6, 6.07) is 13.1. The van der Waals surface area contributed by atoms with Crippen LogP contribution in [0, 0.1) is 11.2 Å². The number of pyridine rings is 1. The normalized spacial score (nSPS) is 18.6. The number of ether oxygens (including phenoxy) is 3.